The summed E-state index contributed by atoms with van der Waals surface area (Å²) in [5, 5.41) is 2.18. The maximum Gasteiger partial charge on any atom is 0.334 e. The first-order chi connectivity index (χ1) is 6.85. The van der Waals surface area contributed by atoms with Crippen molar-refractivity contribution in [2.45, 2.75) is 28.9 Å². The first kappa shape index (κ1) is 13.2. The number of hydrogen-bond acceptors (Lipinski definition) is 3. The highest BCUT2D eigenvalue weighted by molar-refractivity contribution is 8.03. The second kappa shape index (κ2) is 4.99. The van der Waals surface area contributed by atoms with Crippen molar-refractivity contribution in [3.05, 3.63) is 0 Å². The number of nitrogens with zero attached hydrogens (tertiary/aromatic N) is 1. The van der Waals surface area contributed by atoms with Crippen LogP contribution in [0.1, 0.15) is 19.8 Å². The lowest BCUT2D eigenvalue weighted by molar-refractivity contribution is -0.120. The number of hydrogen-bond donors (Lipinski definition) is 1. The summed E-state index contributed by atoms with van der Waals surface area (Å²) in [5.41, 5.74) is 0. The lowest BCUT2D eigenvalue weighted by Crippen LogP contribution is -2.31. The number of nitrogens with one attached hydrogen (secondary N) is 1. The first-order valence-electron chi connectivity index (χ1n) is 4.25. The lowest BCUT2D eigenvalue weighted by Gasteiger charge is -2.23. The van der Waals surface area contributed by atoms with E-state index in [1.54, 1.807) is 0 Å². The van der Waals surface area contributed by atoms with E-state index < -0.39 is 15.2 Å². The molecule has 0 aromatic heterocycles. The third-order valence-corrected chi connectivity index (χ3v) is 3.23. The van der Waals surface area contributed by atoms with Crippen molar-refractivity contribution in [3.8, 4) is 0 Å². The molecule has 1 heterocycles. The summed E-state index contributed by atoms with van der Waals surface area (Å²) in [6.45, 7) is 1.91. The molecule has 1 fully saturated rings. The lowest BCUT2D eigenvalue weighted by atomic mass is 10.2. The molecule has 1 aliphatic heterocycles. The van der Waals surface area contributed by atoms with Crippen molar-refractivity contribution in [1.29, 1.82) is 0 Å². The average Bonchev–Trinajstić information content (AvgIpc) is 2.30. The summed E-state index contributed by atoms with van der Waals surface area (Å²) in [7, 11) is 0. The van der Waals surface area contributed by atoms with Gasteiger partial charge in [0, 0.05) is 11.9 Å². The van der Waals surface area contributed by atoms with E-state index in [-0.39, 0.29) is 5.91 Å². The zero-order chi connectivity index (χ0) is 11.6. The molecule has 0 spiro atoms. The molecule has 3 amide bonds. The number of alkyl halides is 3. The molecule has 0 bridgehead atoms. The molecule has 0 radical (unpaired) electrons. The number of halogens is 3. The molecule has 1 saturated heterocycles. The standard InChI is InChI=1S/C7H9Cl3N2O2S/c1-2-3-4-5(13)11-6(14)12(4)15-7(8,9)10/h4H,2-3H2,1H3,(H,11,13,14). The molecule has 8 heteroatoms. The van der Waals surface area contributed by atoms with Crippen LogP contribution in [0.4, 0.5) is 4.79 Å². The predicted octanol–water partition coefficient (Wildman–Crippen LogP) is 2.68. The highest BCUT2D eigenvalue weighted by Crippen LogP contribution is 2.43. The second-order valence-electron chi connectivity index (χ2n) is 2.96. The number of imide groups is 1. The number of urea groups is 1. The van der Waals surface area contributed by atoms with E-state index in [2.05, 4.69) is 5.32 Å². The van der Waals surface area contributed by atoms with Gasteiger partial charge < -0.3 is 0 Å². The van der Waals surface area contributed by atoms with Crippen LogP contribution >= 0.6 is 46.8 Å². The van der Waals surface area contributed by atoms with Crippen LogP contribution in [0.2, 0.25) is 0 Å². The Bertz CT molecular complexity index is 282. The summed E-state index contributed by atoms with van der Waals surface area (Å²) in [4.78, 5) is 22.7. The van der Waals surface area contributed by atoms with Gasteiger partial charge in [0.2, 0.25) is 0 Å². The molecule has 1 unspecified atom stereocenters. The van der Waals surface area contributed by atoms with Gasteiger partial charge in [0.25, 0.3) is 9.03 Å². The van der Waals surface area contributed by atoms with Gasteiger partial charge in [0.15, 0.2) is 0 Å². The average molecular weight is 292 g/mol. The van der Waals surface area contributed by atoms with Crippen LogP contribution < -0.4 is 5.32 Å². The largest absolute Gasteiger partial charge is 0.334 e. The molecular formula is C7H9Cl3N2O2S. The fourth-order valence-corrected chi connectivity index (χ4v) is 2.58. The first-order valence-corrected chi connectivity index (χ1v) is 6.16. The quantitative estimate of drug-likeness (QED) is 0.494. The van der Waals surface area contributed by atoms with Crippen molar-refractivity contribution in [2.75, 3.05) is 0 Å². The van der Waals surface area contributed by atoms with E-state index in [0.717, 1.165) is 18.4 Å². The highest BCUT2D eigenvalue weighted by Gasteiger charge is 2.42. The number of carbonyl (C=O) groups excluding carboxylic acids is 2. The fraction of sp³-hybridized carbons (Fsp3) is 0.714. The van der Waals surface area contributed by atoms with Crippen molar-refractivity contribution >= 4 is 58.7 Å². The molecule has 0 aliphatic carbocycles. The Labute approximate surface area is 107 Å². The van der Waals surface area contributed by atoms with Crippen molar-refractivity contribution in [1.82, 2.24) is 9.62 Å². The molecule has 86 valence electrons. The normalized spacial score (nSPS) is 22.1. The van der Waals surface area contributed by atoms with E-state index >= 15 is 0 Å². The third kappa shape index (κ3) is 3.59. The molecule has 1 atom stereocenters. The van der Waals surface area contributed by atoms with Gasteiger partial charge in [-0.15, -0.1) is 0 Å². The molecule has 0 saturated carbocycles. The van der Waals surface area contributed by atoms with E-state index in [9.17, 15) is 9.59 Å². The monoisotopic (exact) mass is 290 g/mol. The Hall–Kier alpha value is 0.160. The summed E-state index contributed by atoms with van der Waals surface area (Å²) in [6.07, 6.45) is 1.31. The second-order valence-corrected chi connectivity index (χ2v) is 7.10. The molecule has 0 aromatic carbocycles. The van der Waals surface area contributed by atoms with E-state index in [1.165, 1.54) is 4.31 Å². The van der Waals surface area contributed by atoms with Gasteiger partial charge in [-0.2, -0.15) is 0 Å². The minimum absolute atomic E-state index is 0.344. The Balaban J connectivity index is 2.74. The summed E-state index contributed by atoms with van der Waals surface area (Å²) < 4.78 is -0.465. The summed E-state index contributed by atoms with van der Waals surface area (Å²) >= 11 is 17.4. The van der Waals surface area contributed by atoms with Crippen LogP contribution in [0, 0.1) is 0 Å². The third-order valence-electron chi connectivity index (χ3n) is 1.78. The maximum absolute atomic E-state index is 11.4. The van der Waals surface area contributed by atoms with Gasteiger partial charge in [-0.1, -0.05) is 48.1 Å². The Morgan fingerprint density at radius 1 is 1.47 bits per heavy atom. The Morgan fingerprint density at radius 2 is 2.07 bits per heavy atom. The van der Waals surface area contributed by atoms with Crippen LogP contribution in [0.3, 0.4) is 0 Å². The molecular weight excluding hydrogens is 283 g/mol. The van der Waals surface area contributed by atoms with Crippen LogP contribution in [0.5, 0.6) is 0 Å². The highest BCUT2D eigenvalue weighted by atomic mass is 35.6. The van der Waals surface area contributed by atoms with Crippen LogP contribution in [0.25, 0.3) is 0 Å². The minimum atomic E-state index is -1.64. The molecule has 0 aromatic rings. The van der Waals surface area contributed by atoms with E-state index in [4.69, 9.17) is 34.8 Å². The van der Waals surface area contributed by atoms with Crippen LogP contribution in [-0.4, -0.2) is 25.4 Å². The molecule has 1 N–H and O–H groups in total. The molecule has 4 nitrogen and oxygen atoms in total. The number of rotatable bonds is 3. The smallest absolute Gasteiger partial charge is 0.275 e. The number of amides is 3. The predicted molar refractivity (Wildman–Crippen MR) is 62.0 cm³/mol. The zero-order valence-corrected chi connectivity index (χ0v) is 10.9. The van der Waals surface area contributed by atoms with Gasteiger partial charge in [-0.25, -0.2) is 4.79 Å². The van der Waals surface area contributed by atoms with Crippen molar-refractivity contribution < 1.29 is 9.59 Å². The van der Waals surface area contributed by atoms with Gasteiger partial charge in [-0.3, -0.25) is 14.4 Å². The summed E-state index contributed by atoms with van der Waals surface area (Å²) in [6, 6.07) is -1.09. The fourth-order valence-electron chi connectivity index (χ4n) is 1.23. The van der Waals surface area contributed by atoms with Gasteiger partial charge in [-0.05, 0) is 6.42 Å². The molecule has 1 rings (SSSR count). The van der Waals surface area contributed by atoms with Gasteiger partial charge in [0.05, 0.1) is 0 Å². The van der Waals surface area contributed by atoms with Crippen molar-refractivity contribution in [3.63, 3.8) is 0 Å². The molecule has 1 aliphatic rings. The minimum Gasteiger partial charge on any atom is -0.275 e. The van der Waals surface area contributed by atoms with Crippen LogP contribution in [0.15, 0.2) is 0 Å². The van der Waals surface area contributed by atoms with E-state index in [1.807, 2.05) is 6.92 Å². The number of carbonyl (C=O) groups is 2. The molecule has 15 heavy (non-hydrogen) atoms. The Morgan fingerprint density at radius 3 is 2.53 bits per heavy atom. The topological polar surface area (TPSA) is 49.4 Å². The van der Waals surface area contributed by atoms with Gasteiger partial charge in [0.1, 0.15) is 6.04 Å². The van der Waals surface area contributed by atoms with Gasteiger partial charge >= 0.3 is 6.03 Å². The zero-order valence-electron chi connectivity index (χ0n) is 7.80. The summed E-state index contributed by atoms with van der Waals surface area (Å²) in [5.74, 6) is -0.344. The van der Waals surface area contributed by atoms with Crippen molar-refractivity contribution in [2.24, 2.45) is 0 Å². The SMILES string of the molecule is CCCC1C(=O)NC(=O)N1SC(Cl)(Cl)Cl. The maximum atomic E-state index is 11.4. The van der Waals surface area contributed by atoms with E-state index in [0.29, 0.717) is 6.42 Å². The van der Waals surface area contributed by atoms with Crippen LogP contribution in [-0.2, 0) is 4.79 Å². The Kier molecular flexibility index (Phi) is 4.40.